The maximum Gasteiger partial charge on any atom is 0.338 e. The summed E-state index contributed by atoms with van der Waals surface area (Å²) in [6.07, 6.45) is 8.51. The van der Waals surface area contributed by atoms with Crippen LogP contribution in [0.2, 0.25) is 0 Å². The summed E-state index contributed by atoms with van der Waals surface area (Å²) in [6.45, 7) is 0.631. The van der Waals surface area contributed by atoms with E-state index in [1.807, 2.05) is 47.0 Å². The second-order valence-electron chi connectivity index (χ2n) is 8.38. The molecule has 0 atom stereocenters. The number of ether oxygens (including phenoxy) is 2. The van der Waals surface area contributed by atoms with Gasteiger partial charge >= 0.3 is 11.9 Å². The highest BCUT2D eigenvalue weighted by Crippen LogP contribution is 2.64. The number of carbonyl (C=O) groups is 2. The molecule has 46 heavy (non-hydrogen) atoms. The van der Waals surface area contributed by atoms with E-state index >= 15 is 0 Å². The van der Waals surface area contributed by atoms with Gasteiger partial charge in [-0.1, -0.05) is 94.1 Å². The van der Waals surface area contributed by atoms with Gasteiger partial charge in [0.25, 0.3) is 0 Å². The summed E-state index contributed by atoms with van der Waals surface area (Å²) in [7, 11) is 0. The summed E-state index contributed by atoms with van der Waals surface area (Å²) in [4.78, 5) is 25.1. The van der Waals surface area contributed by atoms with Crippen LogP contribution in [0.15, 0.2) is 77.5 Å². The van der Waals surface area contributed by atoms with Crippen molar-refractivity contribution in [1.82, 2.24) is 0 Å². The van der Waals surface area contributed by atoms with Crippen molar-refractivity contribution < 1.29 is 19.1 Å². The molecule has 0 bridgehead atoms. The molecule has 4 nitrogen and oxygen atoms in total. The molecule has 5 rings (SSSR count). The molecule has 0 radical (unpaired) electrons. The Morgan fingerprint density at radius 1 is 0.543 bits per heavy atom. The summed E-state index contributed by atoms with van der Waals surface area (Å²) >= 11 is 25.2. The van der Waals surface area contributed by atoms with Gasteiger partial charge < -0.3 is 9.47 Å². The molecule has 0 spiro atoms. The van der Waals surface area contributed by atoms with E-state index in [4.69, 9.17) is 9.47 Å². The van der Waals surface area contributed by atoms with Crippen LogP contribution in [-0.2, 0) is 9.47 Å². The van der Waals surface area contributed by atoms with Crippen molar-refractivity contribution in [1.29, 1.82) is 0 Å². The standard InChI is InChI=1S/C28H26O4S14/c1-33-21-22(34-2)44-27(43-21)25-39-13-17(41-25)37-11-9-31-19(29)15-5-7-16(8-6-15)20(30)32-10-12-38-18-14-40-26(42-18)28-45-23(35-3)24(36-4)46-28/h5-8,13-14H,9-12H2,1-4H3. The lowest BCUT2D eigenvalue weighted by Gasteiger charge is -2.07. The lowest BCUT2D eigenvalue weighted by atomic mass is 10.1. The smallest absolute Gasteiger partial charge is 0.338 e. The zero-order valence-corrected chi connectivity index (χ0v) is 36.1. The average molecular weight is 875 g/mol. The van der Waals surface area contributed by atoms with Crippen LogP contribution in [0.3, 0.4) is 0 Å². The van der Waals surface area contributed by atoms with E-state index in [1.54, 1.807) is 142 Å². The first-order chi connectivity index (χ1) is 22.4. The number of esters is 2. The number of hydrogen-bond donors (Lipinski definition) is 0. The van der Waals surface area contributed by atoms with Crippen molar-refractivity contribution in [2.45, 2.75) is 0 Å². The van der Waals surface area contributed by atoms with Crippen LogP contribution < -0.4 is 0 Å². The Morgan fingerprint density at radius 3 is 1.22 bits per heavy atom. The van der Waals surface area contributed by atoms with Gasteiger partial charge in [0, 0.05) is 11.5 Å². The first-order valence-corrected chi connectivity index (χ1v) is 26.6. The summed E-state index contributed by atoms with van der Waals surface area (Å²) in [6, 6.07) is 6.47. The Hall–Kier alpha value is 1.50. The Bertz CT molecular complexity index is 1380. The first-order valence-electron chi connectivity index (χ1n) is 13.1. The molecule has 0 aliphatic carbocycles. The fraction of sp³-hybridized carbons (Fsp3) is 0.286. The fourth-order valence-electron chi connectivity index (χ4n) is 3.46. The quantitative estimate of drug-likeness (QED) is 0.131. The predicted octanol–water partition coefficient (Wildman–Crippen LogP) is 12.9. The van der Waals surface area contributed by atoms with E-state index in [1.165, 1.54) is 42.4 Å². The van der Waals surface area contributed by atoms with E-state index in [0.717, 1.165) is 0 Å². The van der Waals surface area contributed by atoms with Crippen molar-refractivity contribution in [3.63, 3.8) is 0 Å². The second-order valence-corrected chi connectivity index (χ2v) is 24.5. The highest BCUT2D eigenvalue weighted by atomic mass is 32.3. The molecule has 1 aromatic carbocycles. The molecule has 0 N–H and O–H groups in total. The van der Waals surface area contributed by atoms with Crippen molar-refractivity contribution >= 4 is 177 Å². The van der Waals surface area contributed by atoms with E-state index < -0.39 is 11.9 Å². The van der Waals surface area contributed by atoms with Crippen LogP contribution in [0.5, 0.6) is 0 Å². The van der Waals surface area contributed by atoms with Crippen molar-refractivity contribution in [3.8, 4) is 0 Å². The Labute approximate surface area is 330 Å². The molecule has 4 heterocycles. The number of hydrogen-bond acceptors (Lipinski definition) is 18. The highest BCUT2D eigenvalue weighted by Gasteiger charge is 2.28. The number of carbonyl (C=O) groups excluding carboxylic acids is 2. The Morgan fingerprint density at radius 2 is 0.891 bits per heavy atom. The molecular formula is C28H26O4S14. The topological polar surface area (TPSA) is 52.6 Å². The lowest BCUT2D eigenvalue weighted by molar-refractivity contribution is 0.0515. The molecule has 0 saturated heterocycles. The Balaban J connectivity index is 0.960. The van der Waals surface area contributed by atoms with Crippen LogP contribution in [0.25, 0.3) is 0 Å². The molecule has 0 aromatic heterocycles. The molecule has 0 fully saturated rings. The predicted molar refractivity (Wildman–Crippen MR) is 231 cm³/mol. The maximum absolute atomic E-state index is 12.6. The molecule has 18 heteroatoms. The summed E-state index contributed by atoms with van der Waals surface area (Å²) < 4.78 is 24.3. The van der Waals surface area contributed by atoms with Crippen LogP contribution in [0.1, 0.15) is 20.7 Å². The summed E-state index contributed by atoms with van der Waals surface area (Å²) in [5.41, 5.74) is 0.837. The lowest BCUT2D eigenvalue weighted by Crippen LogP contribution is -2.10. The molecule has 4 aliphatic rings. The van der Waals surface area contributed by atoms with E-state index in [2.05, 4.69) is 35.8 Å². The van der Waals surface area contributed by atoms with Gasteiger partial charge in [-0.2, -0.15) is 0 Å². The molecule has 1 aromatic rings. The third-order valence-electron chi connectivity index (χ3n) is 5.54. The second kappa shape index (κ2) is 19.9. The number of rotatable bonds is 14. The maximum atomic E-state index is 12.6. The normalized spacial score (nSPS) is 18.3. The molecule has 4 aliphatic heterocycles. The minimum absolute atomic E-state index is 0.315. The van der Waals surface area contributed by atoms with Gasteiger partial charge in [0.1, 0.15) is 13.2 Å². The molecule has 246 valence electrons. The van der Waals surface area contributed by atoms with Crippen LogP contribution in [-0.4, -0.2) is 61.7 Å². The van der Waals surface area contributed by atoms with Crippen molar-refractivity contribution in [2.75, 3.05) is 49.7 Å². The van der Waals surface area contributed by atoms with Crippen molar-refractivity contribution in [2.24, 2.45) is 0 Å². The largest absolute Gasteiger partial charge is 0.461 e. The third kappa shape index (κ3) is 10.8. The zero-order chi connectivity index (χ0) is 32.5. The minimum Gasteiger partial charge on any atom is -0.461 e. The molecular weight excluding hydrogens is 849 g/mol. The average Bonchev–Trinajstić information content (AvgIpc) is 3.90. The van der Waals surface area contributed by atoms with Crippen molar-refractivity contribution in [3.05, 3.63) is 88.6 Å². The number of benzene rings is 1. The van der Waals surface area contributed by atoms with Gasteiger partial charge in [-0.25, -0.2) is 9.59 Å². The van der Waals surface area contributed by atoms with Gasteiger partial charge in [0.15, 0.2) is 0 Å². The van der Waals surface area contributed by atoms with Crippen LogP contribution >= 0.6 is 165 Å². The SMILES string of the molecule is CSC1=C(SC)SC(=C2SC=C(SCCOC(=O)c3ccc(C(=O)OCCSC4=CSC(=C5SC(SC)=C(SC)S5)S4)cc3)S2)S1. The van der Waals surface area contributed by atoms with Gasteiger partial charge in [0.05, 0.1) is 53.5 Å². The van der Waals surface area contributed by atoms with E-state index in [-0.39, 0.29) is 0 Å². The van der Waals surface area contributed by atoms with Gasteiger partial charge in [-0.15, -0.1) is 70.6 Å². The van der Waals surface area contributed by atoms with E-state index in [9.17, 15) is 9.59 Å². The van der Waals surface area contributed by atoms with Crippen LogP contribution in [0, 0.1) is 0 Å². The molecule has 0 amide bonds. The Kier molecular flexibility index (Phi) is 16.8. The number of thioether (sulfide) groups is 14. The summed E-state index contributed by atoms with van der Waals surface area (Å²) in [5, 5.41) is 4.36. The fourth-order valence-corrected chi connectivity index (χ4v) is 21.2. The van der Waals surface area contributed by atoms with E-state index in [0.29, 0.717) is 35.8 Å². The highest BCUT2D eigenvalue weighted by molar-refractivity contribution is 8.44. The molecule has 0 unspecified atom stereocenters. The third-order valence-corrected chi connectivity index (χ3v) is 24.4. The first kappa shape index (κ1) is 38.7. The molecule has 0 saturated carbocycles. The van der Waals surface area contributed by atoms with Gasteiger partial charge in [-0.3, -0.25) is 0 Å². The zero-order valence-electron chi connectivity index (χ0n) is 24.6. The van der Waals surface area contributed by atoms with Gasteiger partial charge in [-0.05, 0) is 60.1 Å². The monoisotopic (exact) mass is 874 g/mol. The summed E-state index contributed by atoms with van der Waals surface area (Å²) in [5.74, 6) is 0.576. The van der Waals surface area contributed by atoms with Gasteiger partial charge in [0.2, 0.25) is 0 Å². The van der Waals surface area contributed by atoms with Crippen LogP contribution in [0.4, 0.5) is 0 Å². The minimum atomic E-state index is -0.393.